The molecule has 0 saturated carbocycles. The van der Waals surface area contributed by atoms with Crippen molar-refractivity contribution in [1.29, 1.82) is 0 Å². The number of nitrogens with one attached hydrogen (secondary N) is 1. The third-order valence-corrected chi connectivity index (χ3v) is 5.31. The van der Waals surface area contributed by atoms with Crippen LogP contribution in [0.15, 0.2) is 59.5 Å². The Labute approximate surface area is 166 Å². The molecule has 0 atom stereocenters. The third-order valence-electron chi connectivity index (χ3n) is 4.08. The lowest BCUT2D eigenvalue weighted by Crippen LogP contribution is -2.12. The van der Waals surface area contributed by atoms with E-state index < -0.39 is 16.1 Å². The van der Waals surface area contributed by atoms with E-state index in [0.717, 1.165) is 6.07 Å². The second kappa shape index (κ2) is 7.80. The van der Waals surface area contributed by atoms with Crippen molar-refractivity contribution < 1.29 is 32.0 Å². The van der Waals surface area contributed by atoms with Gasteiger partial charge in [-0.05, 0) is 30.3 Å². The fourth-order valence-corrected chi connectivity index (χ4v) is 3.79. The van der Waals surface area contributed by atoms with Gasteiger partial charge in [0.05, 0.1) is 7.11 Å². The molecule has 0 aliphatic carbocycles. The zero-order valence-electron chi connectivity index (χ0n) is 15.5. The minimum absolute atomic E-state index is 0.0292. The number of carbonyl (C=O) groups excluding carboxylic acids is 1. The summed E-state index contributed by atoms with van der Waals surface area (Å²) in [6, 6.07) is 13.2. The Morgan fingerprint density at radius 3 is 2.24 bits per heavy atom. The molecule has 0 bridgehead atoms. The molecular weight excluding hydrogens is 398 g/mol. The van der Waals surface area contributed by atoms with Crippen molar-refractivity contribution in [3.63, 3.8) is 0 Å². The Kier molecular flexibility index (Phi) is 5.42. The molecule has 0 spiro atoms. The summed E-state index contributed by atoms with van der Waals surface area (Å²) in [6.45, 7) is 1.37. The van der Waals surface area contributed by atoms with Crippen LogP contribution in [0.3, 0.4) is 0 Å². The molecule has 0 unspecified atom stereocenters. The molecule has 0 aliphatic rings. The maximum absolute atomic E-state index is 12.8. The van der Waals surface area contributed by atoms with Gasteiger partial charge in [0.15, 0.2) is 5.75 Å². The van der Waals surface area contributed by atoms with E-state index in [4.69, 9.17) is 8.92 Å². The monoisotopic (exact) mass is 415 g/mol. The summed E-state index contributed by atoms with van der Waals surface area (Å²) in [5.41, 5.74) is 0.207. The Balaban J connectivity index is 2.06. The standard InChI is InChI=1S/C20H17NO7S/c1-12(22)21-17-8-10-19(15-6-4-3-5-14(15)17)28-29(25,26)13-7-9-18(27-2)16(11-13)20(23)24/h3-11H,1-2H3,(H,21,22)(H,23,24). The van der Waals surface area contributed by atoms with E-state index in [1.54, 1.807) is 24.3 Å². The molecule has 0 heterocycles. The SMILES string of the molecule is COc1ccc(S(=O)(=O)Oc2ccc(NC(C)=O)c3ccccc23)cc1C(=O)O. The van der Waals surface area contributed by atoms with E-state index in [9.17, 15) is 23.1 Å². The van der Waals surface area contributed by atoms with Crippen molar-refractivity contribution in [2.24, 2.45) is 0 Å². The summed E-state index contributed by atoms with van der Waals surface area (Å²) in [4.78, 5) is 22.4. The number of anilines is 1. The molecule has 0 radical (unpaired) electrons. The van der Waals surface area contributed by atoms with E-state index in [1.165, 1.54) is 38.3 Å². The number of aromatic carboxylic acids is 1. The summed E-state index contributed by atoms with van der Waals surface area (Å²) >= 11 is 0. The van der Waals surface area contributed by atoms with Crippen molar-refractivity contribution in [1.82, 2.24) is 0 Å². The van der Waals surface area contributed by atoms with Crippen LogP contribution < -0.4 is 14.2 Å². The molecule has 1 amide bonds. The molecule has 9 heteroatoms. The van der Waals surface area contributed by atoms with Crippen LogP contribution in [-0.4, -0.2) is 32.5 Å². The number of amides is 1. The van der Waals surface area contributed by atoms with Gasteiger partial charge < -0.3 is 19.3 Å². The van der Waals surface area contributed by atoms with Crippen LogP contribution in [0, 0.1) is 0 Å². The van der Waals surface area contributed by atoms with Crippen molar-refractivity contribution in [3.8, 4) is 11.5 Å². The fourth-order valence-electron chi connectivity index (χ4n) is 2.82. The number of hydrogen-bond donors (Lipinski definition) is 2. The number of benzene rings is 3. The van der Waals surface area contributed by atoms with Gasteiger partial charge in [-0.25, -0.2) is 4.79 Å². The normalized spacial score (nSPS) is 11.1. The molecule has 0 aliphatic heterocycles. The van der Waals surface area contributed by atoms with E-state index in [0.29, 0.717) is 16.5 Å². The molecule has 150 valence electrons. The average Bonchev–Trinajstić information content (AvgIpc) is 2.68. The highest BCUT2D eigenvalue weighted by atomic mass is 32.2. The Morgan fingerprint density at radius 2 is 1.62 bits per heavy atom. The number of ether oxygens (including phenoxy) is 1. The second-order valence-corrected chi connectivity index (χ2v) is 7.59. The molecule has 2 N–H and O–H groups in total. The van der Waals surface area contributed by atoms with E-state index in [2.05, 4.69) is 5.32 Å². The number of fused-ring (bicyclic) bond motifs is 1. The summed E-state index contributed by atoms with van der Waals surface area (Å²) < 4.78 is 35.8. The van der Waals surface area contributed by atoms with Crippen molar-refractivity contribution in [3.05, 3.63) is 60.2 Å². The first kappa shape index (κ1) is 20.2. The van der Waals surface area contributed by atoms with Crippen molar-refractivity contribution >= 4 is 38.5 Å². The molecule has 8 nitrogen and oxygen atoms in total. The molecule has 0 saturated heterocycles. The topological polar surface area (TPSA) is 119 Å². The highest BCUT2D eigenvalue weighted by Gasteiger charge is 2.22. The van der Waals surface area contributed by atoms with Gasteiger partial charge in [0.1, 0.15) is 16.2 Å². The van der Waals surface area contributed by atoms with Crippen molar-refractivity contribution in [2.75, 3.05) is 12.4 Å². The lowest BCUT2D eigenvalue weighted by molar-refractivity contribution is -0.114. The molecule has 29 heavy (non-hydrogen) atoms. The highest BCUT2D eigenvalue weighted by molar-refractivity contribution is 7.87. The second-order valence-electron chi connectivity index (χ2n) is 6.04. The summed E-state index contributed by atoms with van der Waals surface area (Å²) in [5.74, 6) is -1.52. The minimum Gasteiger partial charge on any atom is -0.496 e. The number of rotatable bonds is 6. The minimum atomic E-state index is -4.33. The van der Waals surface area contributed by atoms with Gasteiger partial charge >= 0.3 is 16.1 Å². The van der Waals surface area contributed by atoms with Gasteiger partial charge in [0.25, 0.3) is 0 Å². The first-order valence-electron chi connectivity index (χ1n) is 8.38. The molecule has 0 fully saturated rings. The van der Waals surface area contributed by atoms with Crippen LogP contribution in [0.25, 0.3) is 10.8 Å². The van der Waals surface area contributed by atoms with Crippen LogP contribution in [0.1, 0.15) is 17.3 Å². The summed E-state index contributed by atoms with van der Waals surface area (Å²) in [5, 5.41) is 13.0. The lowest BCUT2D eigenvalue weighted by Gasteiger charge is -2.13. The van der Waals surface area contributed by atoms with Gasteiger partial charge in [-0.3, -0.25) is 4.79 Å². The third kappa shape index (κ3) is 4.14. The van der Waals surface area contributed by atoms with E-state index in [1.807, 2.05) is 0 Å². The number of carbonyl (C=O) groups is 2. The highest BCUT2D eigenvalue weighted by Crippen LogP contribution is 2.34. The number of hydrogen-bond acceptors (Lipinski definition) is 6. The van der Waals surface area contributed by atoms with Crippen LogP contribution in [0.5, 0.6) is 11.5 Å². The van der Waals surface area contributed by atoms with Crippen LogP contribution in [0.4, 0.5) is 5.69 Å². The van der Waals surface area contributed by atoms with Gasteiger partial charge in [-0.15, -0.1) is 0 Å². The van der Waals surface area contributed by atoms with Crippen LogP contribution in [-0.2, 0) is 14.9 Å². The Morgan fingerprint density at radius 1 is 0.966 bits per heavy atom. The largest absolute Gasteiger partial charge is 0.496 e. The zero-order valence-corrected chi connectivity index (χ0v) is 16.3. The van der Waals surface area contributed by atoms with E-state index >= 15 is 0 Å². The maximum Gasteiger partial charge on any atom is 0.339 e. The quantitative estimate of drug-likeness (QED) is 0.593. The predicted molar refractivity (Wildman–Crippen MR) is 106 cm³/mol. The summed E-state index contributed by atoms with van der Waals surface area (Å²) in [7, 11) is -3.04. The Bertz CT molecular complexity index is 1220. The number of carboxylic acids is 1. The molecule has 3 aromatic carbocycles. The zero-order chi connectivity index (χ0) is 21.2. The van der Waals surface area contributed by atoms with Gasteiger partial charge in [-0.1, -0.05) is 24.3 Å². The number of methoxy groups -OCH3 is 1. The first-order chi connectivity index (χ1) is 13.7. The maximum atomic E-state index is 12.8. The first-order valence-corrected chi connectivity index (χ1v) is 9.79. The predicted octanol–water partition coefficient (Wildman–Crippen LogP) is 3.27. The van der Waals surface area contributed by atoms with Gasteiger partial charge in [0.2, 0.25) is 5.91 Å². The van der Waals surface area contributed by atoms with Crippen molar-refractivity contribution in [2.45, 2.75) is 11.8 Å². The molecular formula is C20H17NO7S. The van der Waals surface area contributed by atoms with Crippen LogP contribution >= 0.6 is 0 Å². The lowest BCUT2D eigenvalue weighted by atomic mass is 10.1. The number of carboxylic acid groups (broad SMARTS) is 1. The summed E-state index contributed by atoms with van der Waals surface area (Å²) in [6.07, 6.45) is 0. The van der Waals surface area contributed by atoms with E-state index in [-0.39, 0.29) is 27.9 Å². The average molecular weight is 415 g/mol. The fraction of sp³-hybridized carbons (Fsp3) is 0.100. The van der Waals surface area contributed by atoms with Gasteiger partial charge in [-0.2, -0.15) is 8.42 Å². The van der Waals surface area contributed by atoms with Gasteiger partial charge in [0, 0.05) is 23.4 Å². The Hall–Kier alpha value is -3.59. The molecule has 3 aromatic rings. The molecule has 3 rings (SSSR count). The smallest absolute Gasteiger partial charge is 0.339 e. The van der Waals surface area contributed by atoms with Crippen LogP contribution in [0.2, 0.25) is 0 Å². The molecule has 0 aromatic heterocycles.